The van der Waals surface area contributed by atoms with Crippen LogP contribution in [0, 0.1) is 0 Å². The summed E-state index contributed by atoms with van der Waals surface area (Å²) in [6.45, 7) is 5.89. The Morgan fingerprint density at radius 3 is 2.31 bits per heavy atom. The summed E-state index contributed by atoms with van der Waals surface area (Å²) in [6, 6.07) is 8.59. The minimum absolute atomic E-state index is 0.0791. The summed E-state index contributed by atoms with van der Waals surface area (Å²) in [7, 11) is 0. The molecule has 1 aromatic rings. The van der Waals surface area contributed by atoms with Crippen molar-refractivity contribution in [1.29, 1.82) is 0 Å². The Balaban J connectivity index is 2.77. The zero-order valence-electron chi connectivity index (χ0n) is 10.2. The van der Waals surface area contributed by atoms with Crippen LogP contribution in [0.3, 0.4) is 0 Å². The Morgan fingerprint density at radius 2 is 1.88 bits per heavy atom. The first kappa shape index (κ1) is 13.4. The summed E-state index contributed by atoms with van der Waals surface area (Å²) in [6.07, 6.45) is 2.29. The molecule has 2 unspecified atom stereocenters. The molecule has 0 saturated heterocycles. The van der Waals surface area contributed by atoms with Gasteiger partial charge in [0.25, 0.3) is 0 Å². The molecule has 2 atom stereocenters. The lowest BCUT2D eigenvalue weighted by Gasteiger charge is -2.16. The third-order valence-electron chi connectivity index (χ3n) is 2.87. The normalized spacial score (nSPS) is 14.5. The van der Waals surface area contributed by atoms with Crippen molar-refractivity contribution >= 4 is 21.7 Å². The van der Waals surface area contributed by atoms with E-state index in [4.69, 9.17) is 0 Å². The van der Waals surface area contributed by atoms with Gasteiger partial charge in [-0.2, -0.15) is 0 Å². The molecule has 0 aliphatic carbocycles. The fourth-order valence-corrected chi connectivity index (χ4v) is 2.10. The maximum absolute atomic E-state index is 11.3. The topological polar surface area (TPSA) is 17.1 Å². The number of benzene rings is 1. The monoisotopic (exact) mass is 282 g/mol. The number of ketones is 1. The van der Waals surface area contributed by atoms with Crippen molar-refractivity contribution in [2.75, 3.05) is 0 Å². The van der Waals surface area contributed by atoms with E-state index in [-0.39, 0.29) is 16.5 Å². The number of hydrogen-bond acceptors (Lipinski definition) is 1. The maximum atomic E-state index is 11.3. The average molecular weight is 283 g/mol. The van der Waals surface area contributed by atoms with Crippen LogP contribution < -0.4 is 0 Å². The molecule has 0 N–H and O–H groups in total. The van der Waals surface area contributed by atoms with Crippen LogP contribution in [0.15, 0.2) is 24.3 Å². The van der Waals surface area contributed by atoms with E-state index in [0.717, 1.165) is 6.42 Å². The highest BCUT2D eigenvalue weighted by Gasteiger charge is 2.19. The number of alkyl halides is 1. The van der Waals surface area contributed by atoms with Crippen molar-refractivity contribution in [1.82, 2.24) is 0 Å². The molecule has 0 fully saturated rings. The molecule has 88 valence electrons. The molecule has 0 radical (unpaired) electrons. The Hall–Kier alpha value is -0.630. The van der Waals surface area contributed by atoms with Gasteiger partial charge in [0.2, 0.25) is 0 Å². The first-order valence-corrected chi connectivity index (χ1v) is 6.71. The average Bonchev–Trinajstić information content (AvgIpc) is 2.28. The van der Waals surface area contributed by atoms with E-state index in [9.17, 15) is 4.79 Å². The fraction of sp³-hybridized carbons (Fsp3) is 0.500. The van der Waals surface area contributed by atoms with E-state index in [0.29, 0.717) is 0 Å². The minimum atomic E-state index is -0.0791. The molecule has 0 saturated carbocycles. The summed E-state index contributed by atoms with van der Waals surface area (Å²) in [5.41, 5.74) is 2.59. The molecule has 1 aromatic carbocycles. The van der Waals surface area contributed by atoms with Crippen molar-refractivity contribution in [2.45, 2.75) is 44.4 Å². The molecule has 1 nitrogen and oxygen atoms in total. The molecule has 16 heavy (non-hydrogen) atoms. The van der Waals surface area contributed by atoms with Crippen molar-refractivity contribution in [3.05, 3.63) is 35.4 Å². The van der Waals surface area contributed by atoms with E-state index in [1.54, 1.807) is 6.92 Å². The molecular formula is C14H19BrO. The second-order valence-electron chi connectivity index (χ2n) is 4.29. The molecular weight excluding hydrogens is 264 g/mol. The highest BCUT2D eigenvalue weighted by atomic mass is 79.9. The standard InChI is InChI=1S/C14H19BrO/c1-4-5-12-6-8-13(9-7-12)10(2)14(15)11(3)16/h6-10,14H,4-5H2,1-3H3. The number of rotatable bonds is 5. The van der Waals surface area contributed by atoms with E-state index >= 15 is 0 Å². The molecule has 0 bridgehead atoms. The lowest BCUT2D eigenvalue weighted by Crippen LogP contribution is -2.17. The largest absolute Gasteiger partial charge is 0.299 e. The van der Waals surface area contributed by atoms with E-state index in [2.05, 4.69) is 54.0 Å². The van der Waals surface area contributed by atoms with Crippen molar-refractivity contribution in [3.63, 3.8) is 0 Å². The zero-order chi connectivity index (χ0) is 12.1. The van der Waals surface area contributed by atoms with Crippen LogP contribution in [-0.4, -0.2) is 10.6 Å². The summed E-state index contributed by atoms with van der Waals surface area (Å²) in [5.74, 6) is 0.415. The van der Waals surface area contributed by atoms with Gasteiger partial charge in [0, 0.05) is 5.92 Å². The minimum Gasteiger partial charge on any atom is -0.299 e. The smallest absolute Gasteiger partial charge is 0.144 e. The van der Waals surface area contributed by atoms with Gasteiger partial charge in [-0.25, -0.2) is 0 Å². The molecule has 1 rings (SSSR count). The highest BCUT2D eigenvalue weighted by molar-refractivity contribution is 9.10. The third-order valence-corrected chi connectivity index (χ3v) is 4.31. The van der Waals surface area contributed by atoms with Crippen molar-refractivity contribution in [2.24, 2.45) is 0 Å². The number of aryl methyl sites for hydroxylation is 1. The van der Waals surface area contributed by atoms with Crippen molar-refractivity contribution in [3.8, 4) is 0 Å². The van der Waals surface area contributed by atoms with Crippen LogP contribution in [0.4, 0.5) is 0 Å². The maximum Gasteiger partial charge on any atom is 0.144 e. The lowest BCUT2D eigenvalue weighted by molar-refractivity contribution is -0.116. The molecule has 0 amide bonds. The van der Waals surface area contributed by atoms with Gasteiger partial charge >= 0.3 is 0 Å². The van der Waals surface area contributed by atoms with Gasteiger partial charge in [0.05, 0.1) is 4.83 Å². The van der Waals surface area contributed by atoms with Crippen LogP contribution >= 0.6 is 15.9 Å². The second-order valence-corrected chi connectivity index (χ2v) is 5.28. The first-order chi connectivity index (χ1) is 7.56. The van der Waals surface area contributed by atoms with Crippen LogP contribution in [0.1, 0.15) is 44.2 Å². The Kier molecular flexibility index (Phi) is 5.20. The Bertz CT molecular complexity index is 342. The molecule has 0 heterocycles. The quantitative estimate of drug-likeness (QED) is 0.744. The van der Waals surface area contributed by atoms with Gasteiger partial charge < -0.3 is 0 Å². The summed E-state index contributed by atoms with van der Waals surface area (Å²) >= 11 is 3.44. The van der Waals surface area contributed by atoms with Gasteiger partial charge in [-0.15, -0.1) is 0 Å². The van der Waals surface area contributed by atoms with Crippen LogP contribution in [0.2, 0.25) is 0 Å². The van der Waals surface area contributed by atoms with E-state index in [1.165, 1.54) is 17.5 Å². The van der Waals surface area contributed by atoms with Gasteiger partial charge in [0.1, 0.15) is 5.78 Å². The number of carbonyl (C=O) groups excluding carboxylic acids is 1. The van der Waals surface area contributed by atoms with E-state index in [1.807, 2.05) is 0 Å². The number of halogens is 1. The number of hydrogen-bond donors (Lipinski definition) is 0. The van der Waals surface area contributed by atoms with Gasteiger partial charge in [-0.05, 0) is 24.5 Å². The van der Waals surface area contributed by atoms with Gasteiger partial charge in [-0.3, -0.25) is 4.79 Å². The van der Waals surface area contributed by atoms with E-state index < -0.39 is 0 Å². The number of Topliss-reactive ketones (excluding diaryl/α,β-unsaturated/α-hetero) is 1. The SMILES string of the molecule is CCCc1ccc(C(C)C(Br)C(C)=O)cc1. The summed E-state index contributed by atoms with van der Waals surface area (Å²) < 4.78 is 0. The summed E-state index contributed by atoms with van der Waals surface area (Å²) in [5, 5.41) is 0. The third kappa shape index (κ3) is 3.44. The zero-order valence-corrected chi connectivity index (χ0v) is 11.8. The van der Waals surface area contributed by atoms with Gasteiger partial charge in [0.15, 0.2) is 0 Å². The Labute approximate surface area is 106 Å². The van der Waals surface area contributed by atoms with Crippen molar-refractivity contribution < 1.29 is 4.79 Å². The first-order valence-electron chi connectivity index (χ1n) is 5.79. The molecule has 0 spiro atoms. The summed E-state index contributed by atoms with van der Waals surface area (Å²) in [4.78, 5) is 11.2. The molecule has 2 heteroatoms. The molecule has 0 aliphatic heterocycles. The Morgan fingerprint density at radius 1 is 1.31 bits per heavy atom. The molecule has 0 aromatic heterocycles. The lowest BCUT2D eigenvalue weighted by atomic mass is 9.94. The highest BCUT2D eigenvalue weighted by Crippen LogP contribution is 2.25. The van der Waals surface area contributed by atoms with Crippen LogP contribution in [0.25, 0.3) is 0 Å². The predicted octanol–water partition coefficient (Wildman–Crippen LogP) is 4.10. The van der Waals surface area contributed by atoms with Crippen LogP contribution in [-0.2, 0) is 11.2 Å². The number of carbonyl (C=O) groups is 1. The predicted molar refractivity (Wildman–Crippen MR) is 72.2 cm³/mol. The second kappa shape index (κ2) is 6.19. The van der Waals surface area contributed by atoms with Crippen LogP contribution in [0.5, 0.6) is 0 Å². The fourth-order valence-electron chi connectivity index (χ4n) is 1.80. The molecule has 0 aliphatic rings. The van der Waals surface area contributed by atoms with Gasteiger partial charge in [-0.1, -0.05) is 60.5 Å².